The van der Waals surface area contributed by atoms with Gasteiger partial charge in [0.1, 0.15) is 0 Å². The summed E-state index contributed by atoms with van der Waals surface area (Å²) in [5, 5.41) is 9.55. The molecule has 0 aliphatic heterocycles. The monoisotopic (exact) mass is 289 g/mol. The van der Waals surface area contributed by atoms with E-state index in [9.17, 15) is 13.6 Å². The van der Waals surface area contributed by atoms with Crippen LogP contribution >= 0.6 is 0 Å². The van der Waals surface area contributed by atoms with Gasteiger partial charge in [-0.25, -0.2) is 0 Å². The summed E-state index contributed by atoms with van der Waals surface area (Å²) in [4.78, 5) is 12.1. The molecule has 0 spiro atoms. The van der Waals surface area contributed by atoms with Crippen LogP contribution in [0.2, 0.25) is 0 Å². The second-order valence-corrected chi connectivity index (χ2v) is 6.56. The molecule has 0 saturated carbocycles. The van der Waals surface area contributed by atoms with Gasteiger partial charge in [0.15, 0.2) is 0 Å². The molecule has 7 heteroatoms. The van der Waals surface area contributed by atoms with Gasteiger partial charge in [-0.1, -0.05) is 0 Å². The van der Waals surface area contributed by atoms with E-state index in [0.717, 1.165) is 4.90 Å². The summed E-state index contributed by atoms with van der Waals surface area (Å²) in [5.41, 5.74) is -0.137. The SMILES string of the molecule is CC(=O)N(C)c1c(O)cccc1[As](=O)(O)O. The molecule has 0 fully saturated rings. The van der Waals surface area contributed by atoms with Crippen LogP contribution in [0.5, 0.6) is 5.75 Å². The number of nitrogens with zero attached hydrogens (tertiary/aromatic N) is 1. The zero-order chi connectivity index (χ0) is 12.5. The molecule has 0 aliphatic carbocycles. The van der Waals surface area contributed by atoms with Gasteiger partial charge in [0.25, 0.3) is 0 Å². The second kappa shape index (κ2) is 4.33. The Bertz CT molecular complexity index is 467. The van der Waals surface area contributed by atoms with E-state index in [1.54, 1.807) is 0 Å². The average Bonchev–Trinajstić information content (AvgIpc) is 2.14. The van der Waals surface area contributed by atoms with Crippen molar-refractivity contribution < 1.29 is 21.8 Å². The molecular weight excluding hydrogens is 277 g/mol. The van der Waals surface area contributed by atoms with E-state index in [1.807, 2.05) is 0 Å². The number of carbonyl (C=O) groups is 1. The first-order valence-electron chi connectivity index (χ1n) is 4.37. The van der Waals surface area contributed by atoms with Crippen LogP contribution < -0.4 is 9.25 Å². The van der Waals surface area contributed by atoms with Gasteiger partial charge in [-0.2, -0.15) is 0 Å². The fourth-order valence-corrected chi connectivity index (χ4v) is 2.98. The molecule has 1 aromatic carbocycles. The third kappa shape index (κ3) is 2.47. The molecule has 1 rings (SSSR count). The zero-order valence-electron chi connectivity index (χ0n) is 8.78. The zero-order valence-corrected chi connectivity index (χ0v) is 10.7. The van der Waals surface area contributed by atoms with E-state index in [2.05, 4.69) is 0 Å². The number of amides is 1. The average molecular weight is 289 g/mol. The van der Waals surface area contributed by atoms with Crippen molar-refractivity contribution in [3.05, 3.63) is 18.2 Å². The Labute approximate surface area is 95.1 Å². The van der Waals surface area contributed by atoms with Gasteiger partial charge in [-0.3, -0.25) is 0 Å². The van der Waals surface area contributed by atoms with Crippen LogP contribution in [0, 0.1) is 0 Å². The Morgan fingerprint density at radius 1 is 1.38 bits per heavy atom. The van der Waals surface area contributed by atoms with Crippen molar-refractivity contribution in [2.45, 2.75) is 6.92 Å². The molecule has 0 aliphatic rings. The molecule has 88 valence electrons. The number of aromatic hydroxyl groups is 1. The van der Waals surface area contributed by atoms with Crippen LogP contribution in [0.4, 0.5) is 5.69 Å². The number of hydrogen-bond donors (Lipinski definition) is 3. The quantitative estimate of drug-likeness (QED) is 0.603. The van der Waals surface area contributed by atoms with Crippen molar-refractivity contribution in [3.8, 4) is 5.75 Å². The molecule has 0 unspecified atom stereocenters. The van der Waals surface area contributed by atoms with E-state index in [-0.39, 0.29) is 15.8 Å². The molecule has 0 saturated heterocycles. The molecular formula is C9H12AsNO5. The number of rotatable bonds is 2. The summed E-state index contributed by atoms with van der Waals surface area (Å²) >= 11 is -5.17. The molecule has 0 heterocycles. The van der Waals surface area contributed by atoms with E-state index < -0.39 is 20.1 Å². The minimum absolute atomic E-state index is 0.137. The van der Waals surface area contributed by atoms with Crippen molar-refractivity contribution in [2.75, 3.05) is 11.9 Å². The Kier molecular flexibility index (Phi) is 3.47. The number of hydrogen-bond acceptors (Lipinski definition) is 3. The summed E-state index contributed by atoms with van der Waals surface area (Å²) in [6.45, 7) is 1.24. The van der Waals surface area contributed by atoms with Gasteiger partial charge in [0.05, 0.1) is 0 Å². The standard InChI is InChI=1S/C9H12AsNO5/c1-6(12)11(2)9-7(10(14,15)16)4-3-5-8(9)13/h3-5,13H,1-2H3,(H2,14,15,16). The van der Waals surface area contributed by atoms with Crippen LogP contribution in [-0.2, 0) is 8.53 Å². The van der Waals surface area contributed by atoms with Gasteiger partial charge >= 0.3 is 94.8 Å². The normalized spacial score (nSPS) is 11.2. The Hall–Kier alpha value is -1.23. The molecule has 0 bridgehead atoms. The first-order valence-corrected chi connectivity index (χ1v) is 7.76. The molecule has 3 N–H and O–H groups in total. The van der Waals surface area contributed by atoms with E-state index in [1.165, 1.54) is 32.2 Å². The number of phenols is 1. The van der Waals surface area contributed by atoms with Gasteiger partial charge < -0.3 is 0 Å². The summed E-state index contributed by atoms with van der Waals surface area (Å²) < 4.78 is 29.2. The Morgan fingerprint density at radius 3 is 2.38 bits per heavy atom. The van der Waals surface area contributed by atoms with E-state index in [4.69, 9.17) is 8.19 Å². The van der Waals surface area contributed by atoms with Crippen molar-refractivity contribution >= 4 is 30.1 Å². The second-order valence-electron chi connectivity index (χ2n) is 3.27. The molecule has 1 aromatic rings. The number of para-hydroxylation sites is 1. The van der Waals surface area contributed by atoms with Crippen LogP contribution in [0.15, 0.2) is 18.2 Å². The van der Waals surface area contributed by atoms with E-state index >= 15 is 0 Å². The van der Waals surface area contributed by atoms with Crippen LogP contribution in [-0.4, -0.2) is 40.4 Å². The van der Waals surface area contributed by atoms with Crippen molar-refractivity contribution in [1.29, 1.82) is 0 Å². The minimum atomic E-state index is -5.17. The molecule has 16 heavy (non-hydrogen) atoms. The number of phenolic OH excluding ortho intramolecular Hbond substituents is 1. The Balaban J connectivity index is 3.47. The summed E-state index contributed by atoms with van der Waals surface area (Å²) in [6, 6.07) is 3.79. The van der Waals surface area contributed by atoms with Gasteiger partial charge in [-0.15, -0.1) is 0 Å². The van der Waals surface area contributed by atoms with Crippen LogP contribution in [0.3, 0.4) is 0 Å². The predicted molar refractivity (Wildman–Crippen MR) is 57.7 cm³/mol. The summed E-state index contributed by atoms with van der Waals surface area (Å²) in [6.07, 6.45) is 0. The van der Waals surface area contributed by atoms with Gasteiger partial charge in [0.2, 0.25) is 0 Å². The number of benzene rings is 1. The van der Waals surface area contributed by atoms with Crippen molar-refractivity contribution in [3.63, 3.8) is 0 Å². The fourth-order valence-electron chi connectivity index (χ4n) is 1.26. The molecule has 0 aromatic heterocycles. The van der Waals surface area contributed by atoms with Crippen molar-refractivity contribution in [2.24, 2.45) is 0 Å². The number of carbonyl (C=O) groups excluding carboxylic acids is 1. The molecule has 0 atom stereocenters. The molecule has 6 nitrogen and oxygen atoms in total. The summed E-state index contributed by atoms with van der Waals surface area (Å²) in [7, 11) is 1.34. The summed E-state index contributed by atoms with van der Waals surface area (Å²) in [5.74, 6) is -0.758. The number of anilines is 1. The third-order valence-corrected chi connectivity index (χ3v) is 4.19. The van der Waals surface area contributed by atoms with Gasteiger partial charge in [0, 0.05) is 0 Å². The topological polar surface area (TPSA) is 98.1 Å². The first-order chi connectivity index (χ1) is 7.25. The van der Waals surface area contributed by atoms with Gasteiger partial charge in [-0.05, 0) is 0 Å². The predicted octanol–water partition coefficient (Wildman–Crippen LogP) is -1.06. The third-order valence-electron chi connectivity index (χ3n) is 2.11. The van der Waals surface area contributed by atoms with E-state index in [0.29, 0.717) is 0 Å². The maximum absolute atomic E-state index is 11.2. The Morgan fingerprint density at radius 2 is 1.94 bits per heavy atom. The fraction of sp³-hybridized carbons (Fsp3) is 0.222. The maximum atomic E-state index is 11.2. The molecule has 1 amide bonds. The molecule has 0 radical (unpaired) electrons. The first kappa shape index (κ1) is 12.8. The van der Waals surface area contributed by atoms with Crippen molar-refractivity contribution in [1.82, 2.24) is 0 Å². The van der Waals surface area contributed by atoms with Crippen LogP contribution in [0.25, 0.3) is 0 Å². The van der Waals surface area contributed by atoms with Crippen LogP contribution in [0.1, 0.15) is 6.92 Å².